The molecule has 28 heavy (non-hydrogen) atoms. The molecule has 5 nitrogen and oxygen atoms in total. The number of amides is 2. The van der Waals surface area contributed by atoms with Gasteiger partial charge >= 0.3 is 11.7 Å². The van der Waals surface area contributed by atoms with Gasteiger partial charge in [-0.15, -0.1) is 0 Å². The normalized spacial score (nSPS) is 10.6. The van der Waals surface area contributed by atoms with Crippen LogP contribution < -0.4 is 16.3 Å². The van der Waals surface area contributed by atoms with Crippen LogP contribution in [0.25, 0.3) is 21.9 Å². The van der Waals surface area contributed by atoms with Crippen LogP contribution in [0.3, 0.4) is 0 Å². The number of anilines is 2. The van der Waals surface area contributed by atoms with Gasteiger partial charge in [-0.2, -0.15) is 0 Å². The van der Waals surface area contributed by atoms with Crippen molar-refractivity contribution in [3.63, 3.8) is 0 Å². The smallest absolute Gasteiger partial charge is 0.345 e. The van der Waals surface area contributed by atoms with Crippen molar-refractivity contribution in [3.8, 4) is 11.1 Å². The minimum absolute atomic E-state index is 0.0550. The van der Waals surface area contributed by atoms with Crippen molar-refractivity contribution in [2.45, 2.75) is 0 Å². The Hall–Kier alpha value is -3.57. The molecule has 2 N–H and O–H groups in total. The second-order valence-corrected chi connectivity index (χ2v) is 6.53. The zero-order chi connectivity index (χ0) is 19.5. The number of hydrogen-bond donors (Lipinski definition) is 2. The topological polar surface area (TPSA) is 71.3 Å². The summed E-state index contributed by atoms with van der Waals surface area (Å²) in [6.45, 7) is 0. The van der Waals surface area contributed by atoms with E-state index in [1.54, 1.807) is 30.3 Å². The van der Waals surface area contributed by atoms with E-state index in [1.165, 1.54) is 0 Å². The number of benzene rings is 3. The molecule has 0 aliphatic rings. The molecule has 6 heteroatoms. The second kappa shape index (κ2) is 7.58. The van der Waals surface area contributed by atoms with E-state index in [9.17, 15) is 9.59 Å². The van der Waals surface area contributed by atoms with E-state index in [0.29, 0.717) is 27.0 Å². The van der Waals surface area contributed by atoms with Gasteiger partial charge in [-0.05, 0) is 35.9 Å². The van der Waals surface area contributed by atoms with Gasteiger partial charge in [0.25, 0.3) is 0 Å². The van der Waals surface area contributed by atoms with Crippen molar-refractivity contribution < 1.29 is 9.21 Å². The summed E-state index contributed by atoms with van der Waals surface area (Å²) < 4.78 is 5.45. The Kier molecular flexibility index (Phi) is 4.83. The lowest BCUT2D eigenvalue weighted by Gasteiger charge is -2.13. The highest BCUT2D eigenvalue weighted by Gasteiger charge is 2.18. The van der Waals surface area contributed by atoms with E-state index < -0.39 is 11.7 Å². The van der Waals surface area contributed by atoms with Gasteiger partial charge in [0.2, 0.25) is 5.88 Å². The molecule has 0 fully saturated rings. The first-order chi connectivity index (χ1) is 13.6. The Labute approximate surface area is 165 Å². The molecule has 0 bridgehead atoms. The summed E-state index contributed by atoms with van der Waals surface area (Å²) >= 11 is 6.16. The highest BCUT2D eigenvalue weighted by Crippen LogP contribution is 2.35. The van der Waals surface area contributed by atoms with Crippen LogP contribution in [0.5, 0.6) is 0 Å². The Balaban J connectivity index is 1.83. The highest BCUT2D eigenvalue weighted by molar-refractivity contribution is 6.31. The van der Waals surface area contributed by atoms with Crippen molar-refractivity contribution in [2.75, 3.05) is 10.6 Å². The molecule has 0 atom stereocenters. The number of fused-ring (bicyclic) bond motifs is 1. The lowest BCUT2D eigenvalue weighted by Crippen LogP contribution is -2.21. The van der Waals surface area contributed by atoms with Crippen molar-refractivity contribution in [1.82, 2.24) is 0 Å². The molecule has 0 saturated heterocycles. The van der Waals surface area contributed by atoms with E-state index in [1.807, 2.05) is 48.5 Å². The Morgan fingerprint density at radius 3 is 2.21 bits per heavy atom. The van der Waals surface area contributed by atoms with Gasteiger partial charge in [-0.25, -0.2) is 9.59 Å². The number of halogens is 1. The first kappa shape index (κ1) is 17.8. The molecule has 4 rings (SSSR count). The third-order valence-electron chi connectivity index (χ3n) is 4.21. The maximum Gasteiger partial charge on any atom is 0.345 e. The molecule has 1 aromatic heterocycles. The molecular weight excluding hydrogens is 376 g/mol. The van der Waals surface area contributed by atoms with E-state index in [-0.39, 0.29) is 5.88 Å². The third-order valence-corrected chi connectivity index (χ3v) is 4.45. The van der Waals surface area contributed by atoms with Crippen LogP contribution in [0.4, 0.5) is 16.4 Å². The molecule has 3 aromatic carbocycles. The number of rotatable bonds is 3. The largest absolute Gasteiger partial charge is 0.405 e. The standard InChI is InChI=1S/C22H15ClN2O3/c23-15-11-12-17-18(13-15)19(14-7-3-1-4-8-14)20(28-21(17)26)25-22(27)24-16-9-5-2-6-10-16/h1-13H,(H2,24,25,27). The monoisotopic (exact) mass is 390 g/mol. The molecule has 138 valence electrons. The first-order valence-corrected chi connectivity index (χ1v) is 8.94. The summed E-state index contributed by atoms with van der Waals surface area (Å²) in [5, 5.41) is 6.83. The molecule has 0 spiro atoms. The average molecular weight is 391 g/mol. The van der Waals surface area contributed by atoms with Crippen molar-refractivity contribution in [1.29, 1.82) is 0 Å². The van der Waals surface area contributed by atoms with Crippen LogP contribution in [-0.2, 0) is 0 Å². The highest BCUT2D eigenvalue weighted by atomic mass is 35.5. The fourth-order valence-electron chi connectivity index (χ4n) is 2.99. The first-order valence-electron chi connectivity index (χ1n) is 8.56. The second-order valence-electron chi connectivity index (χ2n) is 6.09. The summed E-state index contributed by atoms with van der Waals surface area (Å²) in [7, 11) is 0. The van der Waals surface area contributed by atoms with Crippen molar-refractivity contribution in [2.24, 2.45) is 0 Å². The third kappa shape index (κ3) is 3.61. The number of hydrogen-bond acceptors (Lipinski definition) is 3. The lowest BCUT2D eigenvalue weighted by atomic mass is 10.0. The maximum atomic E-state index is 12.5. The van der Waals surface area contributed by atoms with Gasteiger partial charge in [-0.1, -0.05) is 60.1 Å². The Bertz CT molecular complexity index is 1210. The van der Waals surface area contributed by atoms with Crippen LogP contribution in [0, 0.1) is 0 Å². The summed E-state index contributed by atoms with van der Waals surface area (Å²) in [6, 6.07) is 22.8. The van der Waals surface area contributed by atoms with Crippen molar-refractivity contribution in [3.05, 3.63) is 94.3 Å². The number of para-hydroxylation sites is 1. The average Bonchev–Trinajstić information content (AvgIpc) is 2.69. The van der Waals surface area contributed by atoms with Crippen LogP contribution >= 0.6 is 11.6 Å². The fraction of sp³-hybridized carbons (Fsp3) is 0. The summed E-state index contributed by atoms with van der Waals surface area (Å²) in [5.74, 6) is 0.0550. The van der Waals surface area contributed by atoms with Crippen LogP contribution in [-0.4, -0.2) is 6.03 Å². The zero-order valence-corrected chi connectivity index (χ0v) is 15.4. The molecule has 0 radical (unpaired) electrons. The van der Waals surface area contributed by atoms with E-state index in [4.69, 9.17) is 16.0 Å². The predicted molar refractivity (Wildman–Crippen MR) is 112 cm³/mol. The van der Waals surface area contributed by atoms with Gasteiger partial charge in [0.15, 0.2) is 0 Å². The van der Waals surface area contributed by atoms with Gasteiger partial charge < -0.3 is 9.73 Å². The van der Waals surface area contributed by atoms with Crippen LogP contribution in [0.2, 0.25) is 5.02 Å². The fourth-order valence-corrected chi connectivity index (χ4v) is 3.16. The van der Waals surface area contributed by atoms with E-state index >= 15 is 0 Å². The van der Waals surface area contributed by atoms with Gasteiger partial charge in [0.05, 0.1) is 10.9 Å². The quantitative estimate of drug-likeness (QED) is 0.467. The summed E-state index contributed by atoms with van der Waals surface area (Å²) in [5.41, 5.74) is 1.43. The Morgan fingerprint density at radius 2 is 1.50 bits per heavy atom. The zero-order valence-electron chi connectivity index (χ0n) is 14.6. The summed E-state index contributed by atoms with van der Waals surface area (Å²) in [6.07, 6.45) is 0. The number of carbonyl (C=O) groups excluding carboxylic acids is 1. The summed E-state index contributed by atoms with van der Waals surface area (Å²) in [4.78, 5) is 24.9. The van der Waals surface area contributed by atoms with Gasteiger partial charge in [0.1, 0.15) is 0 Å². The molecule has 0 unspecified atom stereocenters. The van der Waals surface area contributed by atoms with Gasteiger partial charge in [-0.3, -0.25) is 5.32 Å². The number of nitrogens with one attached hydrogen (secondary N) is 2. The van der Waals surface area contributed by atoms with Crippen LogP contribution in [0.1, 0.15) is 0 Å². The van der Waals surface area contributed by atoms with Gasteiger partial charge in [0, 0.05) is 16.1 Å². The molecule has 2 amide bonds. The Morgan fingerprint density at radius 1 is 0.821 bits per heavy atom. The minimum Gasteiger partial charge on any atom is -0.405 e. The number of carbonyl (C=O) groups is 1. The van der Waals surface area contributed by atoms with E-state index in [0.717, 1.165) is 5.56 Å². The SMILES string of the molecule is O=C(Nc1ccccc1)Nc1oc(=O)c2ccc(Cl)cc2c1-c1ccccc1. The predicted octanol–water partition coefficient (Wildman–Crippen LogP) is 5.76. The molecule has 0 aliphatic heterocycles. The lowest BCUT2D eigenvalue weighted by molar-refractivity contribution is 0.261. The minimum atomic E-state index is -0.554. The molecule has 4 aromatic rings. The van der Waals surface area contributed by atoms with Crippen molar-refractivity contribution >= 4 is 40.0 Å². The molecule has 0 aliphatic carbocycles. The number of urea groups is 1. The molecule has 0 saturated carbocycles. The molecule has 1 heterocycles. The maximum absolute atomic E-state index is 12.5. The molecular formula is C22H15ClN2O3. The van der Waals surface area contributed by atoms with Crippen LogP contribution in [0.15, 0.2) is 88.1 Å². The van der Waals surface area contributed by atoms with E-state index in [2.05, 4.69) is 10.6 Å².